The molecule has 11 heteroatoms. The molecular weight excluding hydrogens is 623 g/mol. The van der Waals surface area contributed by atoms with Gasteiger partial charge in [-0.2, -0.15) is 0 Å². The lowest BCUT2D eigenvalue weighted by Crippen LogP contribution is -2.53. The number of piperazine rings is 1. The zero-order chi connectivity index (χ0) is 28.2. The van der Waals surface area contributed by atoms with Crippen LogP contribution in [0.4, 0.5) is 14.6 Å². The highest BCUT2D eigenvalue weighted by atomic mass is 79.9. The van der Waals surface area contributed by atoms with Gasteiger partial charge in [0.2, 0.25) is 0 Å². The molecule has 2 fully saturated rings. The molecule has 40 heavy (non-hydrogen) atoms. The van der Waals surface area contributed by atoms with Crippen molar-refractivity contribution in [3.63, 3.8) is 0 Å². The molecule has 0 aliphatic carbocycles. The third kappa shape index (κ3) is 7.12. The summed E-state index contributed by atoms with van der Waals surface area (Å²) in [4.78, 5) is 24.1. The molecule has 0 radical (unpaired) electrons. The fourth-order valence-electron chi connectivity index (χ4n) is 5.36. The molecule has 212 valence electrons. The number of anilines is 1. The Morgan fingerprint density at radius 3 is 2.33 bits per heavy atom. The van der Waals surface area contributed by atoms with E-state index in [1.165, 1.54) is 18.3 Å². The van der Waals surface area contributed by atoms with E-state index in [0.717, 1.165) is 62.1 Å². The summed E-state index contributed by atoms with van der Waals surface area (Å²) in [6, 6.07) is 11.7. The minimum Gasteiger partial charge on any atom is -0.353 e. The number of nitrogens with one attached hydrogen (secondary N) is 1. The summed E-state index contributed by atoms with van der Waals surface area (Å²) in [5.41, 5.74) is 1.39. The normalized spacial score (nSPS) is 17.3. The highest BCUT2D eigenvalue weighted by Gasteiger charge is 2.29. The van der Waals surface area contributed by atoms with Crippen LogP contribution in [-0.2, 0) is 13.1 Å². The standard InChI is InChI=1S/C29H30BrCl2F2N5O/c30-22-3-1-20(26(33)14-22)18-37-7-5-24(6-8-37)38-9-11-39(12-10-38)28-25(32)13-21(17-35-28)29(40)36-16-19-2-4-23(31)15-27(19)34/h1-4,13-15,17,24H,5-12,16,18H2,(H,36,40). The zero-order valence-electron chi connectivity index (χ0n) is 21.9. The molecule has 2 aliphatic heterocycles. The van der Waals surface area contributed by atoms with Gasteiger partial charge in [-0.25, -0.2) is 13.8 Å². The van der Waals surface area contributed by atoms with Crippen molar-refractivity contribution in [2.75, 3.05) is 44.2 Å². The van der Waals surface area contributed by atoms with Crippen LogP contribution >= 0.6 is 39.1 Å². The SMILES string of the molecule is O=C(NCc1ccc(Cl)cc1F)c1cnc(N2CCN(C3CCN(Cc4ccc(Br)cc4F)CC3)CC2)c(Cl)c1. The van der Waals surface area contributed by atoms with Crippen molar-refractivity contribution >= 4 is 50.9 Å². The van der Waals surface area contributed by atoms with E-state index in [1.807, 2.05) is 12.1 Å². The van der Waals surface area contributed by atoms with Gasteiger partial charge in [0.1, 0.15) is 17.5 Å². The molecular formula is C29H30BrCl2F2N5O. The van der Waals surface area contributed by atoms with Gasteiger partial charge < -0.3 is 10.2 Å². The summed E-state index contributed by atoms with van der Waals surface area (Å²) in [5.74, 6) is -0.357. The van der Waals surface area contributed by atoms with Crippen LogP contribution in [0.5, 0.6) is 0 Å². The van der Waals surface area contributed by atoms with Crippen LogP contribution in [0.25, 0.3) is 0 Å². The van der Waals surface area contributed by atoms with Crippen molar-refractivity contribution in [1.29, 1.82) is 0 Å². The number of likely N-dealkylation sites (tertiary alicyclic amines) is 1. The van der Waals surface area contributed by atoms with Crippen LogP contribution < -0.4 is 10.2 Å². The first-order chi connectivity index (χ1) is 19.3. The number of aromatic nitrogens is 1. The first kappa shape index (κ1) is 29.2. The van der Waals surface area contributed by atoms with E-state index in [-0.39, 0.29) is 18.3 Å². The van der Waals surface area contributed by atoms with E-state index in [2.05, 4.69) is 40.9 Å². The number of hydrogen-bond acceptors (Lipinski definition) is 5. The molecule has 0 bridgehead atoms. The van der Waals surface area contributed by atoms with Crippen molar-refractivity contribution in [3.8, 4) is 0 Å². The number of carbonyl (C=O) groups excluding carboxylic acids is 1. The molecule has 6 nitrogen and oxygen atoms in total. The smallest absolute Gasteiger partial charge is 0.253 e. The van der Waals surface area contributed by atoms with Crippen LogP contribution in [0, 0.1) is 11.6 Å². The monoisotopic (exact) mass is 651 g/mol. The Morgan fingerprint density at radius 1 is 0.950 bits per heavy atom. The number of benzene rings is 2. The minimum absolute atomic E-state index is 0.0310. The maximum atomic E-state index is 14.2. The molecule has 1 aromatic heterocycles. The van der Waals surface area contributed by atoms with E-state index in [0.29, 0.717) is 39.6 Å². The van der Waals surface area contributed by atoms with Crippen molar-refractivity contribution in [2.45, 2.75) is 32.0 Å². The van der Waals surface area contributed by atoms with E-state index in [4.69, 9.17) is 23.2 Å². The molecule has 1 N–H and O–H groups in total. The van der Waals surface area contributed by atoms with Gasteiger partial charge in [-0.15, -0.1) is 0 Å². The van der Waals surface area contributed by atoms with Crippen LogP contribution in [0.2, 0.25) is 10.0 Å². The first-order valence-corrected chi connectivity index (χ1v) is 14.8. The second-order valence-corrected chi connectivity index (χ2v) is 12.0. The molecule has 2 aliphatic rings. The topological polar surface area (TPSA) is 51.7 Å². The Labute approximate surface area is 251 Å². The molecule has 3 aromatic rings. The van der Waals surface area contributed by atoms with E-state index >= 15 is 0 Å². The second-order valence-electron chi connectivity index (χ2n) is 10.2. The van der Waals surface area contributed by atoms with E-state index < -0.39 is 5.82 Å². The minimum atomic E-state index is -0.472. The van der Waals surface area contributed by atoms with Crippen molar-refractivity contribution in [3.05, 3.63) is 91.5 Å². The van der Waals surface area contributed by atoms with Crippen LogP contribution in [0.1, 0.15) is 34.3 Å². The van der Waals surface area contributed by atoms with Crippen molar-refractivity contribution in [1.82, 2.24) is 20.1 Å². The molecule has 0 unspecified atom stereocenters. The maximum absolute atomic E-state index is 14.2. The molecule has 5 rings (SSSR count). The Morgan fingerprint density at radius 2 is 1.65 bits per heavy atom. The molecule has 0 spiro atoms. The Kier molecular flexibility index (Phi) is 9.58. The summed E-state index contributed by atoms with van der Waals surface area (Å²) in [6.07, 6.45) is 3.62. The van der Waals surface area contributed by atoms with Crippen LogP contribution in [0.3, 0.4) is 0 Å². The number of halogens is 5. The summed E-state index contributed by atoms with van der Waals surface area (Å²) >= 11 is 15.7. The zero-order valence-corrected chi connectivity index (χ0v) is 25.0. The van der Waals surface area contributed by atoms with Crippen LogP contribution in [-0.4, -0.2) is 66.0 Å². The third-order valence-corrected chi connectivity index (χ3v) is 8.64. The Bertz CT molecular complexity index is 1360. The third-order valence-electron chi connectivity index (χ3n) is 7.63. The Balaban J connectivity index is 1.09. The van der Waals surface area contributed by atoms with Gasteiger partial charge >= 0.3 is 0 Å². The summed E-state index contributed by atoms with van der Waals surface area (Å²) in [6.45, 7) is 5.94. The van der Waals surface area contributed by atoms with Gasteiger partial charge in [0, 0.05) is 72.1 Å². The second kappa shape index (κ2) is 13.1. The number of rotatable bonds is 7. The predicted octanol–water partition coefficient (Wildman–Crippen LogP) is 6.15. The van der Waals surface area contributed by atoms with Gasteiger partial charge in [-0.3, -0.25) is 14.6 Å². The largest absolute Gasteiger partial charge is 0.353 e. The molecule has 0 atom stereocenters. The summed E-state index contributed by atoms with van der Waals surface area (Å²) in [7, 11) is 0. The summed E-state index contributed by atoms with van der Waals surface area (Å²) < 4.78 is 29.0. The van der Waals surface area contributed by atoms with Gasteiger partial charge in [-0.05, 0) is 56.3 Å². The number of pyridine rings is 1. The molecule has 3 heterocycles. The lowest BCUT2D eigenvalue weighted by atomic mass is 10.0. The highest BCUT2D eigenvalue weighted by Crippen LogP contribution is 2.27. The van der Waals surface area contributed by atoms with Gasteiger partial charge in [0.05, 0.1) is 10.6 Å². The molecule has 0 saturated carbocycles. The van der Waals surface area contributed by atoms with E-state index in [1.54, 1.807) is 18.2 Å². The average molecular weight is 653 g/mol. The first-order valence-electron chi connectivity index (χ1n) is 13.3. The molecule has 1 amide bonds. The average Bonchev–Trinajstić information content (AvgIpc) is 2.94. The van der Waals surface area contributed by atoms with Crippen molar-refractivity contribution in [2.24, 2.45) is 0 Å². The van der Waals surface area contributed by atoms with Crippen LogP contribution in [0.15, 0.2) is 53.1 Å². The molecule has 2 aromatic carbocycles. The van der Waals surface area contributed by atoms with Gasteiger partial charge in [0.15, 0.2) is 0 Å². The van der Waals surface area contributed by atoms with E-state index in [9.17, 15) is 13.6 Å². The number of amides is 1. The summed E-state index contributed by atoms with van der Waals surface area (Å²) in [5, 5.41) is 3.41. The van der Waals surface area contributed by atoms with Gasteiger partial charge in [0.25, 0.3) is 5.91 Å². The lowest BCUT2D eigenvalue weighted by molar-refractivity contribution is 0.0950. The van der Waals surface area contributed by atoms with Gasteiger partial charge in [-0.1, -0.05) is 51.3 Å². The quantitative estimate of drug-likeness (QED) is 0.332. The van der Waals surface area contributed by atoms with Crippen molar-refractivity contribution < 1.29 is 13.6 Å². The number of carbonyl (C=O) groups is 1. The fourth-order valence-corrected chi connectivity index (χ4v) is 6.14. The Hall–Kier alpha value is -2.30. The number of nitrogens with zero attached hydrogens (tertiary/aromatic N) is 4. The molecule has 2 saturated heterocycles. The maximum Gasteiger partial charge on any atom is 0.253 e. The predicted molar refractivity (Wildman–Crippen MR) is 158 cm³/mol. The number of piperidine rings is 1. The lowest BCUT2D eigenvalue weighted by Gasteiger charge is -2.43. The fraction of sp³-hybridized carbons (Fsp3) is 0.379. The highest BCUT2D eigenvalue weighted by molar-refractivity contribution is 9.10. The number of hydrogen-bond donors (Lipinski definition) is 1.